The molecule has 18 heavy (non-hydrogen) atoms. The van der Waals surface area contributed by atoms with Gasteiger partial charge in [-0.1, -0.05) is 37.6 Å². The molecule has 1 rings (SSSR count). The second-order valence-electron chi connectivity index (χ2n) is 4.76. The van der Waals surface area contributed by atoms with E-state index in [0.29, 0.717) is 0 Å². The van der Waals surface area contributed by atoms with E-state index >= 15 is 0 Å². The highest BCUT2D eigenvalue weighted by molar-refractivity contribution is 7.90. The monoisotopic (exact) mass is 269 g/mol. The summed E-state index contributed by atoms with van der Waals surface area (Å²) in [6.07, 6.45) is 1.88. The summed E-state index contributed by atoms with van der Waals surface area (Å²) >= 11 is 0. The lowest BCUT2D eigenvalue weighted by Gasteiger charge is -2.15. The highest BCUT2D eigenvalue weighted by Gasteiger charge is 2.18. The summed E-state index contributed by atoms with van der Waals surface area (Å²) in [6, 6.07) is 7.72. The van der Waals surface area contributed by atoms with Crippen LogP contribution in [0.4, 0.5) is 0 Å². The van der Waals surface area contributed by atoms with Crippen LogP contribution < -0.4 is 5.32 Å². The van der Waals surface area contributed by atoms with Crippen LogP contribution in [0.5, 0.6) is 0 Å². The van der Waals surface area contributed by atoms with Crippen LogP contribution in [-0.4, -0.2) is 27.3 Å². The zero-order valence-electron chi connectivity index (χ0n) is 11.4. The highest BCUT2D eigenvalue weighted by atomic mass is 32.2. The summed E-state index contributed by atoms with van der Waals surface area (Å²) in [6.45, 7) is 4.02. The van der Waals surface area contributed by atoms with Crippen molar-refractivity contribution in [3.05, 3.63) is 35.4 Å². The van der Waals surface area contributed by atoms with Gasteiger partial charge >= 0.3 is 0 Å². The molecule has 102 valence electrons. The summed E-state index contributed by atoms with van der Waals surface area (Å²) in [7, 11) is -1.23. The molecule has 0 saturated heterocycles. The predicted molar refractivity (Wildman–Crippen MR) is 76.4 cm³/mol. The van der Waals surface area contributed by atoms with Gasteiger partial charge in [-0.25, -0.2) is 8.42 Å². The van der Waals surface area contributed by atoms with Crippen molar-refractivity contribution in [1.82, 2.24) is 5.32 Å². The fraction of sp³-hybridized carbons (Fsp3) is 0.571. The Labute approximate surface area is 111 Å². The Bertz CT molecular complexity index is 468. The topological polar surface area (TPSA) is 46.2 Å². The van der Waals surface area contributed by atoms with E-state index in [4.69, 9.17) is 0 Å². The van der Waals surface area contributed by atoms with Crippen molar-refractivity contribution in [2.45, 2.75) is 38.5 Å². The van der Waals surface area contributed by atoms with Crippen molar-refractivity contribution >= 4 is 9.84 Å². The number of nitrogens with one attached hydrogen (secondary N) is 1. The van der Waals surface area contributed by atoms with Gasteiger partial charge in [0.05, 0.1) is 11.5 Å². The third kappa shape index (κ3) is 4.78. The van der Waals surface area contributed by atoms with Gasteiger partial charge in [-0.3, -0.25) is 0 Å². The Morgan fingerprint density at radius 3 is 2.50 bits per heavy atom. The molecule has 0 aliphatic heterocycles. The van der Waals surface area contributed by atoms with Crippen LogP contribution in [0.15, 0.2) is 24.3 Å². The molecule has 0 saturated carbocycles. The zero-order chi connectivity index (χ0) is 13.6. The maximum atomic E-state index is 12.2. The smallest absolute Gasteiger partial charge is 0.155 e. The fourth-order valence-electron chi connectivity index (χ4n) is 2.03. The lowest BCUT2D eigenvalue weighted by molar-refractivity contribution is 0.536. The Balaban J connectivity index is 2.73. The van der Waals surface area contributed by atoms with E-state index in [1.54, 1.807) is 0 Å². The maximum Gasteiger partial charge on any atom is 0.155 e. The molecule has 1 unspecified atom stereocenters. The molecule has 0 radical (unpaired) electrons. The number of sulfone groups is 1. The molecule has 1 aromatic carbocycles. The maximum absolute atomic E-state index is 12.2. The average molecular weight is 269 g/mol. The summed E-state index contributed by atoms with van der Waals surface area (Å²) in [5.74, 6) is 0.354. The zero-order valence-corrected chi connectivity index (χ0v) is 12.3. The third-order valence-electron chi connectivity index (χ3n) is 3.14. The van der Waals surface area contributed by atoms with Crippen molar-refractivity contribution in [3.8, 4) is 0 Å². The van der Waals surface area contributed by atoms with Gasteiger partial charge in [0.1, 0.15) is 0 Å². The van der Waals surface area contributed by atoms with Gasteiger partial charge in [0.25, 0.3) is 0 Å². The average Bonchev–Trinajstić information content (AvgIpc) is 2.31. The van der Waals surface area contributed by atoms with Gasteiger partial charge in [-0.15, -0.1) is 0 Å². The van der Waals surface area contributed by atoms with E-state index in [2.05, 4.69) is 12.2 Å². The first-order chi connectivity index (χ1) is 8.48. The first-order valence-electron chi connectivity index (χ1n) is 6.40. The quantitative estimate of drug-likeness (QED) is 0.826. The summed E-state index contributed by atoms with van der Waals surface area (Å²) in [5.41, 5.74) is 1.95. The Hall–Kier alpha value is -0.870. The van der Waals surface area contributed by atoms with Crippen molar-refractivity contribution in [1.29, 1.82) is 0 Å². The molecule has 1 atom stereocenters. The lowest BCUT2D eigenvalue weighted by atomic mass is 10.1. The second kappa shape index (κ2) is 6.90. The van der Waals surface area contributed by atoms with E-state index in [1.165, 1.54) is 0 Å². The minimum atomic E-state index is -3.05. The lowest BCUT2D eigenvalue weighted by Crippen LogP contribution is -2.33. The van der Waals surface area contributed by atoms with Gasteiger partial charge in [0, 0.05) is 6.04 Å². The number of hydrogen-bond acceptors (Lipinski definition) is 3. The van der Waals surface area contributed by atoms with E-state index in [9.17, 15) is 8.42 Å². The number of benzene rings is 1. The van der Waals surface area contributed by atoms with Crippen LogP contribution in [0.25, 0.3) is 0 Å². The minimum absolute atomic E-state index is 0.0593. The number of rotatable bonds is 7. The first kappa shape index (κ1) is 15.2. The summed E-state index contributed by atoms with van der Waals surface area (Å²) in [4.78, 5) is 0. The minimum Gasteiger partial charge on any atom is -0.316 e. The van der Waals surface area contributed by atoms with E-state index in [0.717, 1.165) is 24.0 Å². The van der Waals surface area contributed by atoms with E-state index < -0.39 is 9.84 Å². The molecule has 0 bridgehead atoms. The Morgan fingerprint density at radius 2 is 1.94 bits per heavy atom. The van der Waals surface area contributed by atoms with Gasteiger partial charge < -0.3 is 5.32 Å². The van der Waals surface area contributed by atoms with Crippen molar-refractivity contribution < 1.29 is 8.42 Å². The van der Waals surface area contributed by atoms with Gasteiger partial charge in [0.2, 0.25) is 0 Å². The fourth-order valence-corrected chi connectivity index (χ4v) is 3.90. The van der Waals surface area contributed by atoms with Crippen LogP contribution in [0.2, 0.25) is 0 Å². The van der Waals surface area contributed by atoms with Crippen molar-refractivity contribution in [2.75, 3.05) is 12.8 Å². The molecular weight excluding hydrogens is 246 g/mol. The highest BCUT2D eigenvalue weighted by Crippen LogP contribution is 2.13. The molecule has 0 spiro atoms. The standard InChI is InChI=1S/C14H23NO2S/c1-4-7-14(15-3)11-18(16,17)10-13-9-6-5-8-12(13)2/h5-6,8-9,14-15H,4,7,10-11H2,1-3H3. The van der Waals surface area contributed by atoms with Gasteiger partial charge in [-0.2, -0.15) is 0 Å². The molecule has 0 aliphatic carbocycles. The molecule has 0 aromatic heterocycles. The SMILES string of the molecule is CCCC(CS(=O)(=O)Cc1ccccc1C)NC. The van der Waals surface area contributed by atoms with Crippen LogP contribution >= 0.6 is 0 Å². The van der Waals surface area contributed by atoms with Gasteiger partial charge in [-0.05, 0) is 31.5 Å². The molecule has 0 amide bonds. The van der Waals surface area contributed by atoms with Crippen LogP contribution in [0.1, 0.15) is 30.9 Å². The normalized spacial score (nSPS) is 13.5. The molecule has 0 aliphatic rings. The third-order valence-corrected chi connectivity index (χ3v) is 4.80. The molecule has 1 aromatic rings. The van der Waals surface area contributed by atoms with Crippen LogP contribution in [-0.2, 0) is 15.6 Å². The van der Waals surface area contributed by atoms with E-state index in [1.807, 2.05) is 38.2 Å². The van der Waals surface area contributed by atoms with E-state index in [-0.39, 0.29) is 17.5 Å². The number of hydrogen-bond donors (Lipinski definition) is 1. The van der Waals surface area contributed by atoms with Crippen molar-refractivity contribution in [2.24, 2.45) is 0 Å². The Morgan fingerprint density at radius 1 is 1.28 bits per heavy atom. The molecular formula is C14H23NO2S. The summed E-state index contributed by atoms with van der Waals surface area (Å²) < 4.78 is 24.3. The molecule has 3 nitrogen and oxygen atoms in total. The van der Waals surface area contributed by atoms with Crippen LogP contribution in [0.3, 0.4) is 0 Å². The number of aryl methyl sites for hydroxylation is 1. The Kier molecular flexibility index (Phi) is 5.82. The molecule has 0 fully saturated rings. The first-order valence-corrected chi connectivity index (χ1v) is 8.23. The molecule has 4 heteroatoms. The molecule has 1 N–H and O–H groups in total. The largest absolute Gasteiger partial charge is 0.316 e. The summed E-state index contributed by atoms with van der Waals surface area (Å²) in [5, 5.41) is 3.08. The predicted octanol–water partition coefficient (Wildman–Crippen LogP) is 2.30. The van der Waals surface area contributed by atoms with Gasteiger partial charge in [0.15, 0.2) is 9.84 Å². The van der Waals surface area contributed by atoms with Crippen LogP contribution in [0, 0.1) is 6.92 Å². The second-order valence-corrected chi connectivity index (χ2v) is 6.86. The molecule has 0 heterocycles. The van der Waals surface area contributed by atoms with Crippen molar-refractivity contribution in [3.63, 3.8) is 0 Å².